The molecule has 36 heavy (non-hydrogen) atoms. The third-order valence-corrected chi connectivity index (χ3v) is 6.76. The number of likely N-dealkylation sites (tertiary alicyclic amines) is 1. The van der Waals surface area contributed by atoms with E-state index in [2.05, 4.69) is 20.3 Å². The maximum atomic E-state index is 14.9. The molecule has 0 aliphatic carbocycles. The second kappa shape index (κ2) is 10.0. The Balaban J connectivity index is 1.80. The summed E-state index contributed by atoms with van der Waals surface area (Å²) in [4.78, 5) is 27.2. The zero-order valence-electron chi connectivity index (χ0n) is 23.5. The van der Waals surface area contributed by atoms with Crippen molar-refractivity contribution in [3.63, 3.8) is 0 Å². The van der Waals surface area contributed by atoms with Crippen LogP contribution in [-0.2, 0) is 15.1 Å². The Kier molecular flexibility index (Phi) is 6.10. The Hall–Kier alpha value is -3.27. The maximum absolute atomic E-state index is 14.9. The Morgan fingerprint density at radius 2 is 1.89 bits per heavy atom. The van der Waals surface area contributed by atoms with Gasteiger partial charge >= 0.3 is 0 Å². The van der Waals surface area contributed by atoms with E-state index in [-0.39, 0.29) is 37.4 Å². The Morgan fingerprint density at radius 3 is 2.53 bits per heavy atom. The number of benzene rings is 1. The van der Waals surface area contributed by atoms with E-state index in [1.54, 1.807) is 31.7 Å². The van der Waals surface area contributed by atoms with Gasteiger partial charge in [-0.05, 0) is 39.7 Å². The molecule has 4 rings (SSSR count). The van der Waals surface area contributed by atoms with Crippen molar-refractivity contribution in [2.75, 3.05) is 25.4 Å². The largest absolute Gasteiger partial charge is 0.372 e. The summed E-state index contributed by atoms with van der Waals surface area (Å²) >= 11 is 0. The van der Waals surface area contributed by atoms with Crippen LogP contribution in [-0.4, -0.2) is 45.9 Å². The first-order valence-corrected chi connectivity index (χ1v) is 11.7. The molecule has 1 aliphatic heterocycles. The lowest BCUT2D eigenvalue weighted by atomic mass is 9.86. The number of ether oxygens (including phenoxy) is 1. The van der Waals surface area contributed by atoms with Crippen LogP contribution >= 0.6 is 0 Å². The van der Waals surface area contributed by atoms with Crippen LogP contribution in [0.25, 0.3) is 10.9 Å². The SMILES string of the molecule is [2H]C([2H])([2H])OC1(c2cc3c(N[C@H](C)c4cccc(C(F)F)c4F)nc(C)nc3c(C)n2)CCN(C(C)=O)CC1. The quantitative estimate of drug-likeness (QED) is 0.486. The lowest BCUT2D eigenvalue weighted by molar-refractivity contribution is -0.135. The smallest absolute Gasteiger partial charge is 0.266 e. The van der Waals surface area contributed by atoms with E-state index >= 15 is 0 Å². The molecule has 2 aromatic heterocycles. The second-order valence-electron chi connectivity index (χ2n) is 9.13. The third kappa shape index (κ3) is 4.74. The molecule has 0 saturated carbocycles. The van der Waals surface area contributed by atoms with Crippen molar-refractivity contribution < 1.29 is 26.8 Å². The van der Waals surface area contributed by atoms with E-state index in [4.69, 9.17) is 8.85 Å². The van der Waals surface area contributed by atoms with E-state index in [0.717, 1.165) is 6.07 Å². The molecule has 0 spiro atoms. The highest BCUT2D eigenvalue weighted by Crippen LogP contribution is 2.38. The summed E-state index contributed by atoms with van der Waals surface area (Å²) in [6, 6.07) is 4.75. The van der Waals surface area contributed by atoms with Crippen molar-refractivity contribution in [1.29, 1.82) is 0 Å². The molecular weight excluding hydrogens is 471 g/mol. The van der Waals surface area contributed by atoms with Gasteiger partial charge < -0.3 is 15.0 Å². The summed E-state index contributed by atoms with van der Waals surface area (Å²) in [6.07, 6.45) is -2.54. The van der Waals surface area contributed by atoms with Crippen LogP contribution in [0.15, 0.2) is 24.3 Å². The number of nitrogens with zero attached hydrogens (tertiary/aromatic N) is 4. The van der Waals surface area contributed by atoms with Gasteiger partial charge in [0.15, 0.2) is 0 Å². The van der Waals surface area contributed by atoms with Crippen LogP contribution in [0.1, 0.15) is 71.6 Å². The van der Waals surface area contributed by atoms with Gasteiger partial charge in [0.25, 0.3) is 6.43 Å². The fraction of sp³-hybridized carbons (Fsp3) is 0.462. The number of pyridine rings is 1. The molecule has 0 bridgehead atoms. The van der Waals surface area contributed by atoms with E-state index < -0.39 is 36.5 Å². The standard InChI is InChI=1S/C26H30F3N5O2/c1-14(18-7-6-8-19(22(18)27)24(28)29)31-25-20-13-21(30-15(2)23(20)32-16(3)33-25)26(36-5)9-11-34(12-10-26)17(4)35/h6-8,13-14,24H,9-12H2,1-5H3,(H,31,32,33)/t14-/m1/s1/i5D3. The third-order valence-electron chi connectivity index (χ3n) is 6.76. The fourth-order valence-corrected chi connectivity index (χ4v) is 4.69. The number of halogens is 3. The number of aryl methyl sites for hydroxylation is 2. The highest BCUT2D eigenvalue weighted by atomic mass is 19.3. The topological polar surface area (TPSA) is 80.2 Å². The van der Waals surface area contributed by atoms with Crippen LogP contribution in [0.4, 0.5) is 19.0 Å². The number of carbonyl (C=O) groups excluding carboxylic acids is 1. The molecule has 3 aromatic rings. The normalized spacial score (nSPS) is 18.0. The molecule has 1 N–H and O–H groups in total. The number of piperidine rings is 1. The minimum absolute atomic E-state index is 0.0435. The minimum Gasteiger partial charge on any atom is -0.372 e. The van der Waals surface area contributed by atoms with Gasteiger partial charge in [0.05, 0.1) is 32.6 Å². The van der Waals surface area contributed by atoms with Gasteiger partial charge in [-0.2, -0.15) is 0 Å². The molecule has 1 aromatic carbocycles. The number of hydrogen-bond acceptors (Lipinski definition) is 6. The zero-order chi connectivity index (χ0) is 28.7. The zero-order valence-corrected chi connectivity index (χ0v) is 20.5. The monoisotopic (exact) mass is 504 g/mol. The summed E-state index contributed by atoms with van der Waals surface area (Å²) in [6.45, 7) is 7.06. The van der Waals surface area contributed by atoms with Crippen LogP contribution < -0.4 is 5.32 Å². The number of rotatable bonds is 6. The number of amides is 1. The molecule has 7 nitrogen and oxygen atoms in total. The lowest BCUT2D eigenvalue weighted by Gasteiger charge is -2.40. The molecule has 1 saturated heterocycles. The van der Waals surface area contributed by atoms with Gasteiger partial charge in [-0.15, -0.1) is 0 Å². The van der Waals surface area contributed by atoms with Crippen molar-refractivity contribution in [3.05, 3.63) is 58.4 Å². The molecule has 1 atom stereocenters. The number of alkyl halides is 2. The van der Waals surface area contributed by atoms with Crippen LogP contribution in [0.3, 0.4) is 0 Å². The van der Waals surface area contributed by atoms with Crippen LogP contribution in [0.2, 0.25) is 0 Å². The average Bonchev–Trinajstić information content (AvgIpc) is 2.83. The van der Waals surface area contributed by atoms with Gasteiger partial charge in [0.2, 0.25) is 5.91 Å². The molecule has 192 valence electrons. The highest BCUT2D eigenvalue weighted by Gasteiger charge is 2.39. The molecule has 0 radical (unpaired) electrons. The molecule has 3 heterocycles. The Morgan fingerprint density at radius 1 is 1.19 bits per heavy atom. The van der Waals surface area contributed by atoms with Crippen molar-refractivity contribution in [1.82, 2.24) is 19.9 Å². The summed E-state index contributed by atoms with van der Waals surface area (Å²) in [5.74, 6) is -0.403. The number of carbonyl (C=O) groups is 1. The van der Waals surface area contributed by atoms with Crippen molar-refractivity contribution in [3.8, 4) is 0 Å². The highest BCUT2D eigenvalue weighted by molar-refractivity contribution is 5.91. The number of nitrogens with one attached hydrogen (secondary N) is 1. The summed E-state index contributed by atoms with van der Waals surface area (Å²) in [7, 11) is -2.73. The van der Waals surface area contributed by atoms with Crippen molar-refractivity contribution in [2.24, 2.45) is 0 Å². The molecule has 0 unspecified atom stereocenters. The summed E-state index contributed by atoms with van der Waals surface area (Å²) in [5, 5.41) is 3.61. The molecular formula is C26H30F3N5O2. The van der Waals surface area contributed by atoms with Crippen LogP contribution in [0.5, 0.6) is 0 Å². The van der Waals surface area contributed by atoms with Crippen LogP contribution in [0, 0.1) is 19.7 Å². The van der Waals surface area contributed by atoms with E-state index in [0.29, 0.717) is 33.9 Å². The van der Waals surface area contributed by atoms with Gasteiger partial charge in [-0.25, -0.2) is 23.1 Å². The number of hydrogen-bond donors (Lipinski definition) is 1. The Bertz CT molecular complexity index is 1400. The van der Waals surface area contributed by atoms with Gasteiger partial charge in [0, 0.05) is 38.0 Å². The first-order valence-electron chi connectivity index (χ1n) is 13.2. The minimum atomic E-state index is -2.96. The summed E-state index contributed by atoms with van der Waals surface area (Å²) < 4.78 is 70.5. The van der Waals surface area contributed by atoms with Gasteiger partial charge in [-0.1, -0.05) is 18.2 Å². The first kappa shape index (κ1) is 22.0. The molecule has 10 heteroatoms. The van der Waals surface area contributed by atoms with E-state index in [9.17, 15) is 18.0 Å². The molecule has 1 amide bonds. The fourth-order valence-electron chi connectivity index (χ4n) is 4.69. The predicted octanol–water partition coefficient (Wildman–Crippen LogP) is 5.38. The van der Waals surface area contributed by atoms with Gasteiger partial charge in [-0.3, -0.25) is 9.78 Å². The molecule has 1 aliphatic rings. The first-order chi connectivity index (χ1) is 18.2. The second-order valence-corrected chi connectivity index (χ2v) is 9.13. The number of fused-ring (bicyclic) bond motifs is 1. The molecule has 1 fully saturated rings. The number of methoxy groups -OCH3 is 1. The predicted molar refractivity (Wildman–Crippen MR) is 130 cm³/mol. The summed E-state index contributed by atoms with van der Waals surface area (Å²) in [5.41, 5.74) is -0.609. The Labute approximate surface area is 212 Å². The number of anilines is 1. The van der Waals surface area contributed by atoms with E-state index in [1.165, 1.54) is 19.1 Å². The number of aromatic nitrogens is 3. The van der Waals surface area contributed by atoms with E-state index in [1.807, 2.05) is 0 Å². The van der Waals surface area contributed by atoms with Crippen molar-refractivity contribution in [2.45, 2.75) is 58.6 Å². The lowest BCUT2D eigenvalue weighted by Crippen LogP contribution is -2.45. The maximum Gasteiger partial charge on any atom is 0.266 e. The van der Waals surface area contributed by atoms with Crippen molar-refractivity contribution >= 4 is 22.6 Å². The van der Waals surface area contributed by atoms with Gasteiger partial charge in [0.1, 0.15) is 23.1 Å². The average molecular weight is 505 g/mol.